The van der Waals surface area contributed by atoms with Crippen LogP contribution >= 0.6 is 0 Å². The summed E-state index contributed by atoms with van der Waals surface area (Å²) >= 11 is 0. The molecule has 3 heterocycles. The van der Waals surface area contributed by atoms with Crippen LogP contribution < -0.4 is 14.2 Å². The molecule has 11 heteroatoms. The lowest BCUT2D eigenvalue weighted by Gasteiger charge is -2.30. The first kappa shape index (κ1) is 29.7. The van der Waals surface area contributed by atoms with Gasteiger partial charge in [0, 0.05) is 50.5 Å². The Morgan fingerprint density at radius 3 is 2.65 bits per heavy atom. The molecule has 0 bridgehead atoms. The van der Waals surface area contributed by atoms with Crippen molar-refractivity contribution in [3.8, 4) is 17.2 Å². The molecule has 2 aromatic rings. The summed E-state index contributed by atoms with van der Waals surface area (Å²) in [4.78, 5) is 32.6. The molecule has 11 nitrogen and oxygen atoms in total. The monoisotopic (exact) mass is 557 g/mol. The fourth-order valence-electron chi connectivity index (χ4n) is 5.81. The number of carbonyl (C=O) groups excluding carboxylic acids is 1. The number of carbonyl (C=O) groups is 2. The van der Waals surface area contributed by atoms with Crippen molar-refractivity contribution in [2.75, 3.05) is 60.7 Å². The Kier molecular flexibility index (Phi) is 10.3. The average Bonchev–Trinajstić information content (AvgIpc) is 3.68. The molecule has 3 unspecified atom stereocenters. The Labute approximate surface area is 236 Å². The Hall–Kier alpha value is -3.31. The highest BCUT2D eigenvalue weighted by Crippen LogP contribution is 2.47. The highest BCUT2D eigenvalue weighted by Gasteiger charge is 2.47. The van der Waals surface area contributed by atoms with E-state index in [1.165, 1.54) is 0 Å². The van der Waals surface area contributed by atoms with Crippen LogP contribution in [0.4, 0.5) is 0 Å². The molecule has 0 aliphatic carbocycles. The molecule has 0 saturated carbocycles. The van der Waals surface area contributed by atoms with Gasteiger partial charge in [0.1, 0.15) is 0 Å². The number of nitrogens with zero attached hydrogens (tertiary/aromatic N) is 5. The van der Waals surface area contributed by atoms with Crippen molar-refractivity contribution in [1.82, 2.24) is 24.5 Å². The number of likely N-dealkylation sites (tertiary alicyclic amines) is 1. The first-order valence-electron chi connectivity index (χ1n) is 14.2. The van der Waals surface area contributed by atoms with Crippen LogP contribution in [-0.2, 0) is 16.1 Å². The molecule has 1 amide bonds. The van der Waals surface area contributed by atoms with Crippen molar-refractivity contribution in [3.63, 3.8) is 0 Å². The van der Waals surface area contributed by atoms with Gasteiger partial charge in [-0.05, 0) is 63.7 Å². The number of ether oxygens (including phenoxy) is 3. The van der Waals surface area contributed by atoms with E-state index < -0.39 is 11.9 Å². The normalized spacial score (nSPS) is 20.3. The number of aromatic nitrogens is 2. The number of benzene rings is 1. The van der Waals surface area contributed by atoms with Crippen LogP contribution in [0.2, 0.25) is 0 Å². The van der Waals surface area contributed by atoms with Gasteiger partial charge in [0.05, 0.1) is 19.6 Å². The SMILES string of the molecule is CCCCN(CCCN(C)C)C(=O)CN1CC(c2cc(OC)c3c(c2)OCO3)C(C(=O)O)C1CCn1cccn1. The summed E-state index contributed by atoms with van der Waals surface area (Å²) in [6.07, 6.45) is 6.97. The van der Waals surface area contributed by atoms with E-state index in [1.54, 1.807) is 13.3 Å². The van der Waals surface area contributed by atoms with Crippen molar-refractivity contribution in [2.24, 2.45) is 5.92 Å². The van der Waals surface area contributed by atoms with Gasteiger partial charge >= 0.3 is 5.97 Å². The quantitative estimate of drug-likeness (QED) is 0.354. The molecule has 1 saturated heterocycles. The first-order valence-corrected chi connectivity index (χ1v) is 14.2. The summed E-state index contributed by atoms with van der Waals surface area (Å²) in [5.74, 6) is -0.306. The van der Waals surface area contributed by atoms with E-state index >= 15 is 0 Å². The average molecular weight is 558 g/mol. The molecule has 40 heavy (non-hydrogen) atoms. The number of carboxylic acids is 1. The second-order valence-electron chi connectivity index (χ2n) is 10.9. The molecule has 1 fully saturated rings. The fourth-order valence-corrected chi connectivity index (χ4v) is 5.81. The van der Waals surface area contributed by atoms with Crippen LogP contribution in [0, 0.1) is 5.92 Å². The minimum absolute atomic E-state index is 0.0457. The number of carboxylic acid groups (broad SMARTS) is 1. The van der Waals surface area contributed by atoms with Gasteiger partial charge in [0.25, 0.3) is 0 Å². The predicted molar refractivity (Wildman–Crippen MR) is 150 cm³/mol. The molecule has 0 radical (unpaired) electrons. The maximum absolute atomic E-state index is 13.7. The number of rotatable bonds is 15. The number of methoxy groups -OCH3 is 1. The summed E-state index contributed by atoms with van der Waals surface area (Å²) in [7, 11) is 5.62. The zero-order valence-corrected chi connectivity index (χ0v) is 24.1. The number of aryl methyl sites for hydroxylation is 1. The van der Waals surface area contributed by atoms with E-state index in [4.69, 9.17) is 14.2 Å². The van der Waals surface area contributed by atoms with Crippen molar-refractivity contribution in [3.05, 3.63) is 36.2 Å². The van der Waals surface area contributed by atoms with E-state index in [0.29, 0.717) is 49.8 Å². The van der Waals surface area contributed by atoms with Gasteiger partial charge < -0.3 is 29.1 Å². The van der Waals surface area contributed by atoms with E-state index in [-0.39, 0.29) is 31.2 Å². The topological polar surface area (TPSA) is 110 Å². The molecule has 1 N–H and O–H groups in total. The lowest BCUT2D eigenvalue weighted by Crippen LogP contribution is -2.45. The lowest BCUT2D eigenvalue weighted by molar-refractivity contribution is -0.144. The molecule has 1 aromatic carbocycles. The number of hydrogen-bond acceptors (Lipinski definition) is 8. The van der Waals surface area contributed by atoms with Crippen LogP contribution in [0.25, 0.3) is 0 Å². The van der Waals surface area contributed by atoms with Crippen LogP contribution in [0.15, 0.2) is 30.6 Å². The Morgan fingerprint density at radius 2 is 1.98 bits per heavy atom. The third-order valence-corrected chi connectivity index (χ3v) is 7.86. The van der Waals surface area contributed by atoms with E-state index in [0.717, 1.165) is 31.4 Å². The maximum atomic E-state index is 13.7. The standard InChI is InChI=1S/C29H43N5O6/c1-5-6-12-32(13-8-11-31(2)3)26(35)19-33-18-22(21-16-24(38-4)28-25(17-21)39-20-40-28)27(29(36)37)23(33)9-15-34-14-7-10-30-34/h7,10,14,16-17,22-23,27H,5-6,8-9,11-13,15,18-20H2,1-4H3,(H,36,37). The van der Waals surface area contributed by atoms with Gasteiger partial charge in [-0.1, -0.05) is 13.3 Å². The van der Waals surface area contributed by atoms with Gasteiger partial charge in [0.2, 0.25) is 18.4 Å². The summed E-state index contributed by atoms with van der Waals surface area (Å²) in [5, 5.41) is 14.8. The smallest absolute Gasteiger partial charge is 0.308 e. The third kappa shape index (κ3) is 7.06. The van der Waals surface area contributed by atoms with Gasteiger partial charge in [-0.3, -0.25) is 19.2 Å². The molecule has 4 rings (SSSR count). The molecular weight excluding hydrogens is 514 g/mol. The highest BCUT2D eigenvalue weighted by atomic mass is 16.7. The van der Waals surface area contributed by atoms with Crippen LogP contribution in [-0.4, -0.2) is 108 Å². The number of fused-ring (bicyclic) bond motifs is 1. The number of unbranched alkanes of at least 4 members (excludes halogenated alkanes) is 1. The molecule has 2 aliphatic rings. The van der Waals surface area contributed by atoms with Crippen molar-refractivity contribution in [2.45, 2.75) is 51.1 Å². The summed E-state index contributed by atoms with van der Waals surface area (Å²) in [6, 6.07) is 5.21. The Bertz CT molecular complexity index is 1120. The van der Waals surface area contributed by atoms with Crippen molar-refractivity contribution >= 4 is 11.9 Å². The zero-order chi connectivity index (χ0) is 28.6. The van der Waals surface area contributed by atoms with E-state index in [9.17, 15) is 14.7 Å². The van der Waals surface area contributed by atoms with Crippen LogP contribution in [0.1, 0.15) is 44.1 Å². The molecule has 3 atom stereocenters. The number of aliphatic carboxylic acids is 1. The first-order chi connectivity index (χ1) is 19.3. The second-order valence-corrected chi connectivity index (χ2v) is 10.9. The largest absolute Gasteiger partial charge is 0.493 e. The zero-order valence-electron chi connectivity index (χ0n) is 24.1. The molecule has 0 spiro atoms. The van der Waals surface area contributed by atoms with Gasteiger partial charge in [0.15, 0.2) is 11.5 Å². The molecule has 1 aromatic heterocycles. The van der Waals surface area contributed by atoms with Gasteiger partial charge in [-0.15, -0.1) is 0 Å². The highest BCUT2D eigenvalue weighted by molar-refractivity contribution is 5.79. The minimum Gasteiger partial charge on any atom is -0.493 e. The summed E-state index contributed by atoms with van der Waals surface area (Å²) in [5.41, 5.74) is 0.807. The lowest BCUT2D eigenvalue weighted by atomic mass is 9.84. The van der Waals surface area contributed by atoms with Crippen LogP contribution in [0.5, 0.6) is 17.2 Å². The van der Waals surface area contributed by atoms with Crippen LogP contribution in [0.3, 0.4) is 0 Å². The second kappa shape index (κ2) is 13.8. The van der Waals surface area contributed by atoms with Crippen molar-refractivity contribution in [1.29, 1.82) is 0 Å². The van der Waals surface area contributed by atoms with Gasteiger partial charge in [-0.2, -0.15) is 5.10 Å². The summed E-state index contributed by atoms with van der Waals surface area (Å²) < 4.78 is 18.6. The number of amides is 1. The van der Waals surface area contributed by atoms with Gasteiger partial charge in [-0.25, -0.2) is 0 Å². The molecule has 2 aliphatic heterocycles. The Balaban J connectivity index is 1.60. The maximum Gasteiger partial charge on any atom is 0.308 e. The van der Waals surface area contributed by atoms with E-state index in [1.807, 2.05) is 48.1 Å². The fraction of sp³-hybridized carbons (Fsp3) is 0.621. The summed E-state index contributed by atoms with van der Waals surface area (Å²) in [6.45, 7) is 5.69. The third-order valence-electron chi connectivity index (χ3n) is 7.86. The predicted octanol–water partition coefficient (Wildman–Crippen LogP) is 2.76. The molecular formula is C29H43N5O6. The van der Waals surface area contributed by atoms with Crippen molar-refractivity contribution < 1.29 is 28.9 Å². The molecule has 220 valence electrons. The Morgan fingerprint density at radius 1 is 1.18 bits per heavy atom. The van der Waals surface area contributed by atoms with E-state index in [2.05, 4.69) is 21.8 Å². The number of hydrogen-bond donors (Lipinski definition) is 1. The minimum atomic E-state index is -0.879.